The molecule has 3 rings (SSSR count). The van der Waals surface area contributed by atoms with Crippen LogP contribution in [-0.2, 0) is 21.6 Å². The van der Waals surface area contributed by atoms with E-state index in [1.54, 1.807) is 0 Å². The van der Waals surface area contributed by atoms with Gasteiger partial charge in [-0.3, -0.25) is 0 Å². The summed E-state index contributed by atoms with van der Waals surface area (Å²) in [5, 5.41) is 8.20. The van der Waals surface area contributed by atoms with Gasteiger partial charge in [-0.05, 0) is 18.7 Å². The molecule has 0 bridgehead atoms. The van der Waals surface area contributed by atoms with Crippen molar-refractivity contribution in [3.63, 3.8) is 0 Å². The van der Waals surface area contributed by atoms with Gasteiger partial charge >= 0.3 is 0 Å². The Balaban J connectivity index is 1.96. The molecule has 6 heteroatoms. The monoisotopic (exact) mass is 277 g/mol. The fourth-order valence-electron chi connectivity index (χ4n) is 1.92. The topological polar surface area (TPSA) is 49.2 Å². The predicted octanol–water partition coefficient (Wildman–Crippen LogP) is 2.07. The largest absolute Gasteiger partial charge is 0.335 e. The lowest BCUT2D eigenvalue weighted by molar-refractivity contribution is -0.0818. The molecule has 5 nitrogen and oxygen atoms in total. The molecule has 0 radical (unpaired) electrons. The Hall–Kier alpha value is -1.37. The summed E-state index contributed by atoms with van der Waals surface area (Å²) in [6.07, 6.45) is 0. The maximum absolute atomic E-state index is 5.85. The van der Waals surface area contributed by atoms with Crippen molar-refractivity contribution in [1.82, 2.24) is 14.8 Å². The van der Waals surface area contributed by atoms with Crippen LogP contribution in [0.5, 0.6) is 0 Å². The van der Waals surface area contributed by atoms with E-state index in [1.165, 1.54) is 11.8 Å². The Morgan fingerprint density at radius 1 is 1.16 bits per heavy atom. The number of hydrogen-bond donors (Lipinski definition) is 0. The molecule has 0 atom stereocenters. The van der Waals surface area contributed by atoms with E-state index in [9.17, 15) is 0 Å². The van der Waals surface area contributed by atoms with Crippen molar-refractivity contribution >= 4 is 11.8 Å². The third-order valence-corrected chi connectivity index (χ3v) is 4.35. The average Bonchev–Trinajstić information content (AvgIpc) is 3.04. The van der Waals surface area contributed by atoms with Crippen molar-refractivity contribution < 1.29 is 9.47 Å². The van der Waals surface area contributed by atoms with Crippen molar-refractivity contribution in [3.8, 4) is 0 Å². The second-order valence-electron chi connectivity index (χ2n) is 4.31. The van der Waals surface area contributed by atoms with Crippen LogP contribution in [0.15, 0.2) is 35.5 Å². The maximum atomic E-state index is 5.85. The van der Waals surface area contributed by atoms with Gasteiger partial charge in [0.2, 0.25) is 0 Å². The van der Waals surface area contributed by atoms with E-state index in [4.69, 9.17) is 9.47 Å². The van der Waals surface area contributed by atoms with E-state index in [2.05, 4.69) is 10.2 Å². The highest BCUT2D eigenvalue weighted by atomic mass is 32.2. The normalized spacial score (nSPS) is 17.8. The molecule has 1 aliphatic heterocycles. The lowest BCUT2D eigenvalue weighted by atomic mass is 10.2. The number of ether oxygens (including phenoxy) is 2. The zero-order chi connectivity index (χ0) is 13.3. The minimum atomic E-state index is -0.811. The van der Waals surface area contributed by atoms with Crippen molar-refractivity contribution in [2.24, 2.45) is 7.05 Å². The zero-order valence-electron chi connectivity index (χ0n) is 10.9. The minimum Gasteiger partial charge on any atom is -0.335 e. The summed E-state index contributed by atoms with van der Waals surface area (Å²) in [7, 11) is 1.94. The molecule has 0 saturated carbocycles. The Bertz CT molecular complexity index is 565. The molecular weight excluding hydrogens is 262 g/mol. The van der Waals surface area contributed by atoms with Gasteiger partial charge in [-0.25, -0.2) is 0 Å². The first-order valence-electron chi connectivity index (χ1n) is 6.10. The van der Waals surface area contributed by atoms with Gasteiger partial charge < -0.3 is 14.0 Å². The smallest absolute Gasteiger partial charge is 0.253 e. The molecule has 100 valence electrons. The van der Waals surface area contributed by atoms with Crippen molar-refractivity contribution in [1.29, 1.82) is 0 Å². The summed E-state index contributed by atoms with van der Waals surface area (Å²) in [4.78, 5) is 0. The van der Waals surface area contributed by atoms with Gasteiger partial charge in [-0.1, -0.05) is 30.3 Å². The van der Waals surface area contributed by atoms with Crippen LogP contribution in [0.25, 0.3) is 0 Å². The quantitative estimate of drug-likeness (QED) is 0.859. The van der Waals surface area contributed by atoms with Gasteiger partial charge in [0.05, 0.1) is 13.2 Å². The highest BCUT2D eigenvalue weighted by Gasteiger charge is 2.41. The molecule has 2 aromatic rings. The highest BCUT2D eigenvalue weighted by Crippen LogP contribution is 2.45. The Kier molecular flexibility index (Phi) is 3.30. The Labute approximate surface area is 115 Å². The standard InChI is InChI=1S/C13H15N3O2S/c1-10-14-15-12(16(10)2)19-13(17-8-9-18-13)11-6-4-3-5-7-11/h3-7H,8-9H2,1-2H3. The number of aromatic nitrogens is 3. The van der Waals surface area contributed by atoms with E-state index >= 15 is 0 Å². The summed E-state index contributed by atoms with van der Waals surface area (Å²) in [5.74, 6) is 0.865. The van der Waals surface area contributed by atoms with Crippen LogP contribution in [0.4, 0.5) is 0 Å². The highest BCUT2D eigenvalue weighted by molar-refractivity contribution is 7.99. The number of nitrogens with zero attached hydrogens (tertiary/aromatic N) is 3. The van der Waals surface area contributed by atoms with Crippen LogP contribution in [0.2, 0.25) is 0 Å². The van der Waals surface area contributed by atoms with Crippen molar-refractivity contribution in [2.45, 2.75) is 17.2 Å². The van der Waals surface area contributed by atoms with Crippen LogP contribution < -0.4 is 0 Å². The minimum absolute atomic E-state index is 0.582. The van der Waals surface area contributed by atoms with E-state index in [1.807, 2.05) is 48.9 Å². The van der Waals surface area contributed by atoms with Crippen LogP contribution in [0.3, 0.4) is 0 Å². The molecular formula is C13H15N3O2S. The number of thioether (sulfide) groups is 1. The molecule has 1 fully saturated rings. The summed E-state index contributed by atoms with van der Waals surface area (Å²) >= 11 is 1.44. The first-order valence-corrected chi connectivity index (χ1v) is 6.91. The second-order valence-corrected chi connectivity index (χ2v) is 5.42. The Morgan fingerprint density at radius 3 is 2.42 bits per heavy atom. The third kappa shape index (κ3) is 2.27. The first-order chi connectivity index (χ1) is 9.21. The van der Waals surface area contributed by atoms with Gasteiger partial charge in [0.25, 0.3) is 5.12 Å². The van der Waals surface area contributed by atoms with Crippen molar-refractivity contribution in [2.75, 3.05) is 13.2 Å². The van der Waals surface area contributed by atoms with Gasteiger partial charge in [-0.2, -0.15) is 0 Å². The van der Waals surface area contributed by atoms with Gasteiger partial charge in [0.1, 0.15) is 5.82 Å². The van der Waals surface area contributed by atoms with Crippen molar-refractivity contribution in [3.05, 3.63) is 41.7 Å². The number of aryl methyl sites for hydroxylation is 1. The SMILES string of the molecule is Cc1nnc(SC2(c3ccccc3)OCCO2)n1C. The molecule has 0 N–H and O–H groups in total. The van der Waals surface area contributed by atoms with E-state index in [0.717, 1.165) is 16.5 Å². The van der Waals surface area contributed by atoms with Crippen LogP contribution in [-0.4, -0.2) is 28.0 Å². The molecule has 0 unspecified atom stereocenters. The average molecular weight is 277 g/mol. The summed E-state index contributed by atoms with van der Waals surface area (Å²) in [6, 6.07) is 9.93. The second kappa shape index (κ2) is 4.96. The van der Waals surface area contributed by atoms with Gasteiger partial charge in [0, 0.05) is 12.6 Å². The van der Waals surface area contributed by atoms with E-state index in [-0.39, 0.29) is 0 Å². The predicted molar refractivity (Wildman–Crippen MR) is 71.6 cm³/mol. The van der Waals surface area contributed by atoms with Gasteiger partial charge in [-0.15, -0.1) is 10.2 Å². The molecule has 0 aliphatic carbocycles. The fourth-order valence-corrected chi connectivity index (χ4v) is 3.05. The van der Waals surface area contributed by atoms with Crippen LogP contribution in [0, 0.1) is 6.92 Å². The number of benzene rings is 1. The summed E-state index contributed by atoms with van der Waals surface area (Å²) in [6.45, 7) is 3.08. The lowest BCUT2D eigenvalue weighted by Crippen LogP contribution is -2.23. The van der Waals surface area contributed by atoms with Crippen LogP contribution in [0.1, 0.15) is 11.4 Å². The molecule has 0 amide bonds. The summed E-state index contributed by atoms with van der Waals surface area (Å²) < 4.78 is 13.6. The Morgan fingerprint density at radius 2 is 1.84 bits per heavy atom. The van der Waals surface area contributed by atoms with E-state index < -0.39 is 5.12 Å². The molecule has 0 spiro atoms. The molecule has 1 aromatic carbocycles. The number of hydrogen-bond acceptors (Lipinski definition) is 5. The number of rotatable bonds is 3. The third-order valence-electron chi connectivity index (χ3n) is 3.07. The summed E-state index contributed by atoms with van der Waals surface area (Å²) in [5.41, 5.74) is 0.984. The molecule has 1 saturated heterocycles. The first kappa shape index (κ1) is 12.7. The molecule has 19 heavy (non-hydrogen) atoms. The van der Waals surface area contributed by atoms with E-state index in [0.29, 0.717) is 13.2 Å². The molecule has 1 aliphatic rings. The maximum Gasteiger partial charge on any atom is 0.253 e. The molecule has 2 heterocycles. The van der Waals surface area contributed by atoms with Crippen LogP contribution >= 0.6 is 11.8 Å². The molecule has 1 aromatic heterocycles. The van der Waals surface area contributed by atoms with Gasteiger partial charge in [0.15, 0.2) is 5.16 Å². The fraction of sp³-hybridized carbons (Fsp3) is 0.385. The lowest BCUT2D eigenvalue weighted by Gasteiger charge is -2.26. The zero-order valence-corrected chi connectivity index (χ0v) is 11.7.